The zero-order valence-corrected chi connectivity index (χ0v) is 18.3. The number of hydrogen-bond donors (Lipinski definition) is 3. The van der Waals surface area contributed by atoms with E-state index < -0.39 is 6.10 Å². The molecule has 2 aliphatic heterocycles. The molecule has 2 amide bonds. The van der Waals surface area contributed by atoms with Gasteiger partial charge >= 0.3 is 0 Å². The molecule has 0 bridgehead atoms. The number of hydrogen-bond acceptors (Lipinski definition) is 6. The molecule has 1 saturated heterocycles. The fraction of sp³-hybridized carbons (Fsp3) is 0.440. The third kappa shape index (κ3) is 4.82. The highest BCUT2D eigenvalue weighted by atomic mass is 16.7. The predicted molar refractivity (Wildman–Crippen MR) is 119 cm³/mol. The van der Waals surface area contributed by atoms with Crippen molar-refractivity contribution in [3.8, 4) is 11.5 Å². The minimum Gasteiger partial charge on any atom is -0.454 e. The molecule has 3 atom stereocenters. The standard InChI is InChI=1S/C25H28N2O6/c28-13-23-20(27-25(30)17-5-8-21-22(11-17)32-14-31-21)7-6-19(33-23)12-24(29)26-18-9-15-3-1-2-4-16(15)10-18/h1-5,8,11,18-20,23,28H,6-7,9-10,12-14H2,(H,26,29)(H,27,30)/t19-,20+,23-/m1/s1. The van der Waals surface area contributed by atoms with Gasteiger partial charge in [-0.15, -0.1) is 0 Å². The van der Waals surface area contributed by atoms with E-state index >= 15 is 0 Å². The number of aliphatic hydroxyl groups excluding tert-OH is 1. The first kappa shape index (κ1) is 21.7. The minimum atomic E-state index is -0.565. The molecular weight excluding hydrogens is 424 g/mol. The van der Waals surface area contributed by atoms with Crippen LogP contribution in [0.15, 0.2) is 42.5 Å². The molecular formula is C25H28N2O6. The van der Waals surface area contributed by atoms with Gasteiger partial charge in [0.2, 0.25) is 12.7 Å². The maximum Gasteiger partial charge on any atom is 0.251 e. The summed E-state index contributed by atoms with van der Waals surface area (Å²) in [6.45, 7) is -0.0890. The summed E-state index contributed by atoms with van der Waals surface area (Å²) in [5, 5.41) is 15.9. The van der Waals surface area contributed by atoms with Crippen molar-refractivity contribution in [3.63, 3.8) is 0 Å². The Balaban J connectivity index is 1.12. The van der Waals surface area contributed by atoms with Gasteiger partial charge in [-0.3, -0.25) is 9.59 Å². The average molecular weight is 453 g/mol. The molecule has 5 rings (SSSR count). The molecule has 33 heavy (non-hydrogen) atoms. The van der Waals surface area contributed by atoms with E-state index in [9.17, 15) is 14.7 Å². The Morgan fingerprint density at radius 1 is 0.970 bits per heavy atom. The second-order valence-corrected chi connectivity index (χ2v) is 8.85. The van der Waals surface area contributed by atoms with Crippen molar-refractivity contribution in [3.05, 3.63) is 59.2 Å². The largest absolute Gasteiger partial charge is 0.454 e. The molecule has 8 heteroatoms. The topological polar surface area (TPSA) is 106 Å². The molecule has 174 valence electrons. The van der Waals surface area contributed by atoms with Crippen LogP contribution < -0.4 is 20.1 Å². The van der Waals surface area contributed by atoms with E-state index in [1.54, 1.807) is 18.2 Å². The number of carbonyl (C=O) groups is 2. The van der Waals surface area contributed by atoms with E-state index in [4.69, 9.17) is 14.2 Å². The summed E-state index contributed by atoms with van der Waals surface area (Å²) in [5.41, 5.74) is 3.03. The van der Waals surface area contributed by atoms with Crippen molar-refractivity contribution in [2.24, 2.45) is 0 Å². The molecule has 0 saturated carbocycles. The highest BCUT2D eigenvalue weighted by Crippen LogP contribution is 2.32. The van der Waals surface area contributed by atoms with Gasteiger partial charge in [-0.2, -0.15) is 0 Å². The lowest BCUT2D eigenvalue weighted by Crippen LogP contribution is -2.51. The van der Waals surface area contributed by atoms with E-state index in [0.717, 1.165) is 12.8 Å². The lowest BCUT2D eigenvalue weighted by molar-refractivity contribution is -0.131. The van der Waals surface area contributed by atoms with Gasteiger partial charge in [0.1, 0.15) is 6.10 Å². The number of aliphatic hydroxyl groups is 1. The molecule has 8 nitrogen and oxygen atoms in total. The van der Waals surface area contributed by atoms with Crippen LogP contribution >= 0.6 is 0 Å². The Morgan fingerprint density at radius 2 is 1.73 bits per heavy atom. The lowest BCUT2D eigenvalue weighted by atomic mass is 9.96. The SMILES string of the molecule is O=C(C[C@H]1CC[C@H](NC(=O)c2ccc3c(c2)OCO3)[C@@H](CO)O1)NC1Cc2ccccc2C1. The fourth-order valence-electron chi connectivity index (χ4n) is 4.89. The van der Waals surface area contributed by atoms with Crippen molar-refractivity contribution in [2.75, 3.05) is 13.4 Å². The molecule has 0 radical (unpaired) electrons. The van der Waals surface area contributed by atoms with Crippen LogP contribution in [-0.4, -0.2) is 54.6 Å². The number of amides is 2. The number of benzene rings is 2. The second-order valence-electron chi connectivity index (χ2n) is 8.85. The molecule has 0 aromatic heterocycles. The summed E-state index contributed by atoms with van der Waals surface area (Å²) in [5.74, 6) is 0.843. The average Bonchev–Trinajstić information content (AvgIpc) is 3.45. The molecule has 1 fully saturated rings. The summed E-state index contributed by atoms with van der Waals surface area (Å²) in [4.78, 5) is 25.3. The van der Waals surface area contributed by atoms with Crippen LogP contribution in [0.25, 0.3) is 0 Å². The van der Waals surface area contributed by atoms with Gasteiger partial charge in [0, 0.05) is 11.6 Å². The first-order valence-corrected chi connectivity index (χ1v) is 11.4. The molecule has 2 aromatic carbocycles. The van der Waals surface area contributed by atoms with Gasteiger partial charge in [0.05, 0.1) is 25.2 Å². The van der Waals surface area contributed by atoms with Crippen LogP contribution in [0, 0.1) is 0 Å². The monoisotopic (exact) mass is 452 g/mol. The third-order valence-corrected chi connectivity index (χ3v) is 6.58. The molecule has 1 aliphatic carbocycles. The Kier molecular flexibility index (Phi) is 6.20. The predicted octanol–water partition coefficient (Wildman–Crippen LogP) is 1.73. The third-order valence-electron chi connectivity index (χ3n) is 6.58. The van der Waals surface area contributed by atoms with Crippen molar-refractivity contribution >= 4 is 11.8 Å². The summed E-state index contributed by atoms with van der Waals surface area (Å²) in [6.07, 6.45) is 2.33. The van der Waals surface area contributed by atoms with Gasteiger partial charge in [-0.1, -0.05) is 24.3 Å². The smallest absolute Gasteiger partial charge is 0.251 e. The number of rotatable bonds is 6. The van der Waals surface area contributed by atoms with E-state index in [-0.39, 0.29) is 49.8 Å². The van der Waals surface area contributed by atoms with Crippen molar-refractivity contribution in [1.29, 1.82) is 0 Å². The van der Waals surface area contributed by atoms with E-state index in [1.165, 1.54) is 11.1 Å². The van der Waals surface area contributed by atoms with Gasteiger partial charge in [-0.25, -0.2) is 0 Å². The lowest BCUT2D eigenvalue weighted by Gasteiger charge is -2.36. The van der Waals surface area contributed by atoms with Crippen LogP contribution in [-0.2, 0) is 22.4 Å². The molecule has 3 aliphatic rings. The molecule has 2 aromatic rings. The molecule has 2 heterocycles. The van der Waals surface area contributed by atoms with Gasteiger partial charge in [0.15, 0.2) is 11.5 Å². The second kappa shape index (κ2) is 9.41. The Hall–Kier alpha value is -3.10. The van der Waals surface area contributed by atoms with Crippen molar-refractivity contribution < 1.29 is 28.9 Å². The van der Waals surface area contributed by atoms with Crippen molar-refractivity contribution in [1.82, 2.24) is 10.6 Å². The number of ether oxygens (including phenoxy) is 3. The van der Waals surface area contributed by atoms with Crippen LogP contribution in [0.2, 0.25) is 0 Å². The maximum atomic E-state index is 12.7. The fourth-order valence-corrected chi connectivity index (χ4v) is 4.89. The number of carbonyl (C=O) groups excluding carboxylic acids is 2. The summed E-state index contributed by atoms with van der Waals surface area (Å²) in [7, 11) is 0. The Bertz CT molecular complexity index is 1020. The van der Waals surface area contributed by atoms with E-state index in [0.29, 0.717) is 29.9 Å². The highest BCUT2D eigenvalue weighted by molar-refractivity contribution is 5.95. The van der Waals surface area contributed by atoms with Crippen LogP contribution in [0.4, 0.5) is 0 Å². The zero-order valence-electron chi connectivity index (χ0n) is 18.3. The number of fused-ring (bicyclic) bond motifs is 2. The minimum absolute atomic E-state index is 0.0441. The molecule has 0 spiro atoms. The summed E-state index contributed by atoms with van der Waals surface area (Å²) >= 11 is 0. The maximum absolute atomic E-state index is 12.7. The Labute approximate surface area is 192 Å². The quantitative estimate of drug-likeness (QED) is 0.617. The first-order chi connectivity index (χ1) is 16.1. The molecule has 0 unspecified atom stereocenters. The summed E-state index contributed by atoms with van der Waals surface area (Å²) < 4.78 is 16.6. The Morgan fingerprint density at radius 3 is 2.48 bits per heavy atom. The van der Waals surface area contributed by atoms with E-state index in [2.05, 4.69) is 22.8 Å². The van der Waals surface area contributed by atoms with Gasteiger partial charge in [0.25, 0.3) is 5.91 Å². The normalized spacial score (nSPS) is 23.7. The van der Waals surface area contributed by atoms with Gasteiger partial charge in [-0.05, 0) is 55.0 Å². The zero-order chi connectivity index (χ0) is 22.8. The van der Waals surface area contributed by atoms with Crippen LogP contribution in [0.1, 0.15) is 40.7 Å². The highest BCUT2D eigenvalue weighted by Gasteiger charge is 2.34. The van der Waals surface area contributed by atoms with Gasteiger partial charge < -0.3 is 30.0 Å². The molecule has 3 N–H and O–H groups in total. The first-order valence-electron chi connectivity index (χ1n) is 11.4. The van der Waals surface area contributed by atoms with Crippen LogP contribution in [0.3, 0.4) is 0 Å². The van der Waals surface area contributed by atoms with Crippen molar-refractivity contribution in [2.45, 2.75) is 56.4 Å². The summed E-state index contributed by atoms with van der Waals surface area (Å²) in [6, 6.07) is 13.1. The van der Waals surface area contributed by atoms with Crippen LogP contribution in [0.5, 0.6) is 11.5 Å². The van der Waals surface area contributed by atoms with E-state index in [1.807, 2.05) is 12.1 Å². The number of nitrogens with one attached hydrogen (secondary N) is 2.